The van der Waals surface area contributed by atoms with Crippen molar-refractivity contribution in [2.24, 2.45) is 11.1 Å². The van der Waals surface area contributed by atoms with Gasteiger partial charge in [-0.2, -0.15) is 0 Å². The van der Waals surface area contributed by atoms with Crippen LogP contribution in [-0.2, 0) is 0 Å². The Morgan fingerprint density at radius 2 is 2.29 bits per heavy atom. The van der Waals surface area contributed by atoms with Crippen LogP contribution in [0.3, 0.4) is 0 Å². The van der Waals surface area contributed by atoms with E-state index in [4.69, 9.17) is 5.73 Å². The van der Waals surface area contributed by atoms with Gasteiger partial charge in [-0.05, 0) is 31.2 Å². The monoisotopic (exact) mass is 209 g/mol. The summed E-state index contributed by atoms with van der Waals surface area (Å²) >= 11 is 1.80. The summed E-state index contributed by atoms with van der Waals surface area (Å²) in [5.74, 6) is 1.14. The predicted octanol–water partition coefficient (Wildman–Crippen LogP) is 1.70. The molecule has 1 aromatic rings. The van der Waals surface area contributed by atoms with Crippen molar-refractivity contribution in [1.29, 1.82) is 0 Å². The third kappa shape index (κ3) is 2.45. The lowest BCUT2D eigenvalue weighted by atomic mass is 10.1. The second-order valence-corrected chi connectivity index (χ2v) is 4.87. The molecule has 4 heteroatoms. The van der Waals surface area contributed by atoms with E-state index in [9.17, 15) is 0 Å². The van der Waals surface area contributed by atoms with Crippen molar-refractivity contribution in [2.45, 2.75) is 24.3 Å². The molecule has 0 radical (unpaired) electrons. The second-order valence-electron chi connectivity index (χ2n) is 3.87. The maximum Gasteiger partial charge on any atom is 0.114 e. The van der Waals surface area contributed by atoms with Crippen LogP contribution in [0.5, 0.6) is 0 Å². The van der Waals surface area contributed by atoms with Crippen LogP contribution < -0.4 is 5.73 Å². The summed E-state index contributed by atoms with van der Waals surface area (Å²) in [7, 11) is 0. The van der Waals surface area contributed by atoms with E-state index in [2.05, 4.69) is 9.97 Å². The summed E-state index contributed by atoms with van der Waals surface area (Å²) in [6.07, 6.45) is 9.08. The molecule has 76 valence electrons. The largest absolute Gasteiger partial charge is 0.330 e. The van der Waals surface area contributed by atoms with E-state index in [1.54, 1.807) is 24.2 Å². The van der Waals surface area contributed by atoms with Crippen molar-refractivity contribution in [2.75, 3.05) is 12.3 Å². The lowest BCUT2D eigenvalue weighted by Crippen LogP contribution is -2.11. The maximum atomic E-state index is 5.59. The standard InChI is InChI=1S/C10H15N3S/c11-4-3-10(1-2-10)8-14-9-7-12-5-6-13-9/h5-7H,1-4,8,11H2. The van der Waals surface area contributed by atoms with Gasteiger partial charge in [-0.15, -0.1) is 11.8 Å². The molecule has 0 spiro atoms. The van der Waals surface area contributed by atoms with Gasteiger partial charge in [0.15, 0.2) is 0 Å². The fourth-order valence-corrected chi connectivity index (χ4v) is 2.69. The third-order valence-electron chi connectivity index (χ3n) is 2.70. The van der Waals surface area contributed by atoms with E-state index in [1.165, 1.54) is 12.8 Å². The lowest BCUT2D eigenvalue weighted by molar-refractivity contribution is 0.537. The first-order valence-corrected chi connectivity index (χ1v) is 5.92. The highest BCUT2D eigenvalue weighted by atomic mass is 32.2. The fourth-order valence-electron chi connectivity index (χ4n) is 1.54. The highest BCUT2D eigenvalue weighted by molar-refractivity contribution is 7.99. The van der Waals surface area contributed by atoms with E-state index in [0.29, 0.717) is 5.41 Å². The van der Waals surface area contributed by atoms with Crippen LogP contribution >= 0.6 is 11.8 Å². The molecule has 1 saturated carbocycles. The first-order chi connectivity index (χ1) is 6.85. The zero-order valence-corrected chi connectivity index (χ0v) is 8.96. The van der Waals surface area contributed by atoms with E-state index < -0.39 is 0 Å². The Kier molecular flexibility index (Phi) is 3.03. The van der Waals surface area contributed by atoms with Crippen molar-refractivity contribution in [3.63, 3.8) is 0 Å². The second kappa shape index (κ2) is 4.28. The van der Waals surface area contributed by atoms with Crippen LogP contribution in [0.2, 0.25) is 0 Å². The smallest absolute Gasteiger partial charge is 0.114 e. The van der Waals surface area contributed by atoms with Gasteiger partial charge in [0, 0.05) is 18.1 Å². The van der Waals surface area contributed by atoms with Gasteiger partial charge in [0.05, 0.1) is 6.20 Å². The van der Waals surface area contributed by atoms with Gasteiger partial charge in [0.2, 0.25) is 0 Å². The molecule has 0 unspecified atom stereocenters. The van der Waals surface area contributed by atoms with E-state index in [-0.39, 0.29) is 0 Å². The zero-order valence-electron chi connectivity index (χ0n) is 8.15. The first kappa shape index (κ1) is 9.93. The molecule has 2 N–H and O–H groups in total. The van der Waals surface area contributed by atoms with E-state index in [0.717, 1.165) is 23.7 Å². The minimum Gasteiger partial charge on any atom is -0.330 e. The highest BCUT2D eigenvalue weighted by Gasteiger charge is 2.41. The van der Waals surface area contributed by atoms with Gasteiger partial charge < -0.3 is 5.73 Å². The molecule has 3 nitrogen and oxygen atoms in total. The molecular weight excluding hydrogens is 194 g/mol. The van der Waals surface area contributed by atoms with Gasteiger partial charge in [-0.25, -0.2) is 4.98 Å². The Morgan fingerprint density at radius 1 is 1.43 bits per heavy atom. The lowest BCUT2D eigenvalue weighted by Gasteiger charge is -2.11. The number of hydrogen-bond donors (Lipinski definition) is 1. The number of thioether (sulfide) groups is 1. The molecule has 1 aliphatic carbocycles. The number of aromatic nitrogens is 2. The van der Waals surface area contributed by atoms with Crippen LogP contribution in [0, 0.1) is 5.41 Å². The van der Waals surface area contributed by atoms with Gasteiger partial charge in [-0.3, -0.25) is 4.98 Å². The number of rotatable bonds is 5. The maximum absolute atomic E-state index is 5.59. The number of nitrogens with two attached hydrogens (primary N) is 1. The SMILES string of the molecule is NCCC1(CSc2cnccn2)CC1. The molecule has 1 heterocycles. The van der Waals surface area contributed by atoms with Crippen LogP contribution in [0.15, 0.2) is 23.6 Å². The van der Waals surface area contributed by atoms with Gasteiger partial charge >= 0.3 is 0 Å². The Hall–Kier alpha value is -0.610. The minimum atomic E-state index is 0.525. The van der Waals surface area contributed by atoms with Crippen molar-refractivity contribution in [1.82, 2.24) is 9.97 Å². The Labute approximate surface area is 88.5 Å². The third-order valence-corrected chi connectivity index (χ3v) is 3.96. The number of hydrogen-bond acceptors (Lipinski definition) is 4. The topological polar surface area (TPSA) is 51.8 Å². The quantitative estimate of drug-likeness (QED) is 0.750. The average molecular weight is 209 g/mol. The molecule has 1 fully saturated rings. The summed E-state index contributed by atoms with van der Waals surface area (Å²) in [4.78, 5) is 8.28. The van der Waals surface area contributed by atoms with E-state index in [1.807, 2.05) is 6.20 Å². The molecule has 0 aromatic carbocycles. The predicted molar refractivity (Wildman–Crippen MR) is 58.1 cm³/mol. The molecule has 14 heavy (non-hydrogen) atoms. The molecule has 0 atom stereocenters. The number of nitrogens with zero attached hydrogens (tertiary/aromatic N) is 2. The normalized spacial score (nSPS) is 18.1. The molecule has 0 aliphatic heterocycles. The van der Waals surface area contributed by atoms with E-state index >= 15 is 0 Å². The van der Waals surface area contributed by atoms with Crippen molar-refractivity contribution < 1.29 is 0 Å². The molecule has 2 rings (SSSR count). The minimum absolute atomic E-state index is 0.525. The Bertz CT molecular complexity index is 285. The van der Waals surface area contributed by atoms with Crippen molar-refractivity contribution in [3.8, 4) is 0 Å². The summed E-state index contributed by atoms with van der Waals surface area (Å²) < 4.78 is 0. The molecule has 0 amide bonds. The van der Waals surface area contributed by atoms with Crippen LogP contribution in [0.25, 0.3) is 0 Å². The van der Waals surface area contributed by atoms with Crippen LogP contribution in [-0.4, -0.2) is 22.3 Å². The molecule has 0 saturated heterocycles. The average Bonchev–Trinajstić information content (AvgIpc) is 2.98. The zero-order chi connectivity index (χ0) is 9.86. The Balaban J connectivity index is 1.83. The van der Waals surface area contributed by atoms with Crippen molar-refractivity contribution >= 4 is 11.8 Å². The van der Waals surface area contributed by atoms with Gasteiger partial charge in [-0.1, -0.05) is 0 Å². The fraction of sp³-hybridized carbons (Fsp3) is 0.600. The van der Waals surface area contributed by atoms with Crippen LogP contribution in [0.4, 0.5) is 0 Å². The summed E-state index contributed by atoms with van der Waals surface area (Å²) in [5.41, 5.74) is 6.11. The molecular formula is C10H15N3S. The van der Waals surface area contributed by atoms with Crippen LogP contribution in [0.1, 0.15) is 19.3 Å². The van der Waals surface area contributed by atoms with Crippen molar-refractivity contribution in [3.05, 3.63) is 18.6 Å². The highest BCUT2D eigenvalue weighted by Crippen LogP contribution is 2.51. The molecule has 1 aromatic heterocycles. The molecule has 1 aliphatic rings. The Morgan fingerprint density at radius 3 is 2.86 bits per heavy atom. The first-order valence-electron chi connectivity index (χ1n) is 4.94. The summed E-state index contributed by atoms with van der Waals surface area (Å²) in [6.45, 7) is 0.807. The summed E-state index contributed by atoms with van der Waals surface area (Å²) in [6, 6.07) is 0. The van der Waals surface area contributed by atoms with Gasteiger partial charge in [0.1, 0.15) is 5.03 Å². The molecule has 0 bridgehead atoms. The van der Waals surface area contributed by atoms with Gasteiger partial charge in [0.25, 0.3) is 0 Å². The summed E-state index contributed by atoms with van der Waals surface area (Å²) in [5, 5.41) is 1.02.